The SMILES string of the molecule is NC(=O)c1ccc(N2C(=O)C(CCO)=C3CCCCC32)c(Br)c1. The molecule has 0 aromatic heterocycles. The lowest BCUT2D eigenvalue weighted by Crippen LogP contribution is -2.37. The fourth-order valence-electron chi connectivity index (χ4n) is 3.57. The number of halogens is 1. The fraction of sp³-hybridized carbons (Fsp3) is 0.412. The van der Waals surface area contributed by atoms with Gasteiger partial charge in [-0.05, 0) is 59.0 Å². The van der Waals surface area contributed by atoms with E-state index in [0.29, 0.717) is 16.5 Å². The molecule has 0 radical (unpaired) electrons. The third-order valence-electron chi connectivity index (χ3n) is 4.61. The molecule has 1 atom stereocenters. The predicted molar refractivity (Wildman–Crippen MR) is 91.1 cm³/mol. The number of aliphatic hydroxyl groups excluding tert-OH is 1. The summed E-state index contributed by atoms with van der Waals surface area (Å²) >= 11 is 3.46. The van der Waals surface area contributed by atoms with Crippen molar-refractivity contribution in [3.8, 4) is 0 Å². The number of hydrogen-bond donors (Lipinski definition) is 2. The van der Waals surface area contributed by atoms with Crippen LogP contribution >= 0.6 is 15.9 Å². The van der Waals surface area contributed by atoms with Gasteiger partial charge in [0.1, 0.15) is 0 Å². The summed E-state index contributed by atoms with van der Waals surface area (Å²) < 4.78 is 0.678. The average Bonchev–Trinajstić information content (AvgIpc) is 2.80. The maximum atomic E-state index is 12.9. The summed E-state index contributed by atoms with van der Waals surface area (Å²) in [6.07, 6.45) is 4.42. The van der Waals surface area contributed by atoms with E-state index < -0.39 is 5.91 Å². The van der Waals surface area contributed by atoms with Gasteiger partial charge in [-0.25, -0.2) is 0 Å². The van der Waals surface area contributed by atoms with Crippen LogP contribution < -0.4 is 10.6 Å². The molecule has 1 saturated carbocycles. The van der Waals surface area contributed by atoms with E-state index in [1.54, 1.807) is 23.1 Å². The van der Waals surface area contributed by atoms with Crippen LogP contribution in [0.2, 0.25) is 0 Å². The van der Waals surface area contributed by atoms with Crippen LogP contribution in [0.3, 0.4) is 0 Å². The van der Waals surface area contributed by atoms with Crippen LogP contribution in [-0.2, 0) is 4.79 Å². The standard InChI is InChI=1S/C17H19BrN2O3/c18-13-9-10(16(19)22)5-6-15(13)20-14-4-2-1-3-11(14)12(7-8-21)17(20)23/h5-6,9,14,21H,1-4,7-8H2,(H2,19,22). The van der Waals surface area contributed by atoms with E-state index in [-0.39, 0.29) is 18.6 Å². The van der Waals surface area contributed by atoms with E-state index in [4.69, 9.17) is 5.73 Å². The normalized spacial score (nSPS) is 20.9. The van der Waals surface area contributed by atoms with Gasteiger partial charge in [0.25, 0.3) is 5.91 Å². The van der Waals surface area contributed by atoms with Gasteiger partial charge in [-0.1, -0.05) is 6.42 Å². The van der Waals surface area contributed by atoms with Gasteiger partial charge in [-0.15, -0.1) is 0 Å². The van der Waals surface area contributed by atoms with Crippen LogP contribution in [0.5, 0.6) is 0 Å². The van der Waals surface area contributed by atoms with Gasteiger partial charge in [0, 0.05) is 28.6 Å². The van der Waals surface area contributed by atoms with Crippen molar-refractivity contribution in [3.63, 3.8) is 0 Å². The number of nitrogens with zero attached hydrogens (tertiary/aromatic N) is 1. The average molecular weight is 379 g/mol. The number of amides is 2. The molecule has 23 heavy (non-hydrogen) atoms. The Hall–Kier alpha value is -1.66. The molecule has 1 aliphatic carbocycles. The maximum Gasteiger partial charge on any atom is 0.254 e. The maximum absolute atomic E-state index is 12.9. The van der Waals surface area contributed by atoms with Crippen molar-refractivity contribution in [2.24, 2.45) is 5.73 Å². The van der Waals surface area contributed by atoms with E-state index in [0.717, 1.165) is 36.9 Å². The minimum absolute atomic E-state index is 0.0209. The minimum atomic E-state index is -0.498. The Kier molecular flexibility index (Phi) is 4.55. The highest BCUT2D eigenvalue weighted by atomic mass is 79.9. The Balaban J connectivity index is 2.00. The van der Waals surface area contributed by atoms with Crippen molar-refractivity contribution < 1.29 is 14.7 Å². The Morgan fingerprint density at radius 2 is 2.17 bits per heavy atom. The molecule has 2 amide bonds. The molecule has 1 unspecified atom stereocenters. The van der Waals surface area contributed by atoms with Crippen molar-refractivity contribution in [2.45, 2.75) is 38.1 Å². The second-order valence-corrected chi connectivity index (χ2v) is 6.80. The Bertz CT molecular complexity index is 699. The van der Waals surface area contributed by atoms with Crippen LogP contribution in [0.4, 0.5) is 5.69 Å². The van der Waals surface area contributed by atoms with E-state index in [9.17, 15) is 14.7 Å². The van der Waals surface area contributed by atoms with E-state index in [1.807, 2.05) is 0 Å². The molecule has 1 fully saturated rings. The van der Waals surface area contributed by atoms with Gasteiger partial charge < -0.3 is 15.7 Å². The zero-order valence-corrected chi connectivity index (χ0v) is 14.3. The summed E-state index contributed by atoms with van der Waals surface area (Å²) in [6, 6.07) is 5.11. The molecule has 0 spiro atoms. The van der Waals surface area contributed by atoms with Crippen LogP contribution in [0.25, 0.3) is 0 Å². The third kappa shape index (κ3) is 2.81. The number of carbonyl (C=O) groups excluding carboxylic acids is 2. The van der Waals surface area contributed by atoms with Gasteiger partial charge in [-0.3, -0.25) is 9.59 Å². The molecule has 3 N–H and O–H groups in total. The molecule has 6 heteroatoms. The molecule has 1 aromatic rings. The number of rotatable bonds is 4. The molecular weight excluding hydrogens is 360 g/mol. The number of hydrogen-bond acceptors (Lipinski definition) is 3. The zero-order valence-electron chi connectivity index (χ0n) is 12.7. The number of nitrogens with two attached hydrogens (primary N) is 1. The van der Waals surface area contributed by atoms with Crippen molar-refractivity contribution >= 4 is 33.4 Å². The Labute approximate surface area is 143 Å². The molecule has 1 aromatic carbocycles. The molecule has 2 aliphatic rings. The summed E-state index contributed by atoms with van der Waals surface area (Å²) in [5.74, 6) is -0.532. The zero-order chi connectivity index (χ0) is 16.6. The van der Waals surface area contributed by atoms with Gasteiger partial charge in [0.05, 0.1) is 11.7 Å². The molecule has 122 valence electrons. The molecular formula is C17H19BrN2O3. The molecule has 0 bridgehead atoms. The van der Waals surface area contributed by atoms with Crippen LogP contribution in [-0.4, -0.2) is 29.6 Å². The van der Waals surface area contributed by atoms with Gasteiger partial charge in [-0.2, -0.15) is 0 Å². The lowest BCUT2D eigenvalue weighted by Gasteiger charge is -2.31. The highest BCUT2D eigenvalue weighted by Crippen LogP contribution is 2.42. The summed E-state index contributed by atoms with van der Waals surface area (Å²) in [6.45, 7) is -0.0209. The lowest BCUT2D eigenvalue weighted by atomic mass is 9.88. The third-order valence-corrected chi connectivity index (χ3v) is 5.24. The Morgan fingerprint density at radius 3 is 2.83 bits per heavy atom. The minimum Gasteiger partial charge on any atom is -0.396 e. The van der Waals surface area contributed by atoms with E-state index in [1.165, 1.54) is 5.57 Å². The number of anilines is 1. The second-order valence-electron chi connectivity index (χ2n) is 5.94. The highest BCUT2D eigenvalue weighted by Gasteiger charge is 2.40. The first kappa shape index (κ1) is 16.2. The number of carbonyl (C=O) groups is 2. The first-order chi connectivity index (χ1) is 11.0. The number of benzene rings is 1. The van der Waals surface area contributed by atoms with Crippen molar-refractivity contribution in [3.05, 3.63) is 39.4 Å². The van der Waals surface area contributed by atoms with Crippen LogP contribution in [0.15, 0.2) is 33.8 Å². The van der Waals surface area contributed by atoms with Crippen molar-refractivity contribution in [1.82, 2.24) is 0 Å². The van der Waals surface area contributed by atoms with Gasteiger partial charge >= 0.3 is 0 Å². The lowest BCUT2D eigenvalue weighted by molar-refractivity contribution is -0.115. The topological polar surface area (TPSA) is 83.6 Å². The molecule has 1 aliphatic heterocycles. The first-order valence-electron chi connectivity index (χ1n) is 7.80. The molecule has 0 saturated heterocycles. The second kappa shape index (κ2) is 6.45. The summed E-state index contributed by atoms with van der Waals surface area (Å²) in [5.41, 5.74) is 8.38. The molecule has 5 nitrogen and oxygen atoms in total. The van der Waals surface area contributed by atoms with Gasteiger partial charge in [0.2, 0.25) is 5.91 Å². The van der Waals surface area contributed by atoms with Gasteiger partial charge in [0.15, 0.2) is 0 Å². The van der Waals surface area contributed by atoms with Crippen LogP contribution in [0, 0.1) is 0 Å². The quantitative estimate of drug-likeness (QED) is 0.843. The molecule has 1 heterocycles. The summed E-state index contributed by atoms with van der Waals surface area (Å²) in [7, 11) is 0. The smallest absolute Gasteiger partial charge is 0.254 e. The van der Waals surface area contributed by atoms with Crippen molar-refractivity contribution in [2.75, 3.05) is 11.5 Å². The number of primary amides is 1. The van der Waals surface area contributed by atoms with E-state index in [2.05, 4.69) is 15.9 Å². The summed E-state index contributed by atoms with van der Waals surface area (Å²) in [5, 5.41) is 9.28. The fourth-order valence-corrected chi connectivity index (χ4v) is 4.14. The predicted octanol–water partition coefficient (Wildman–Crippen LogP) is 2.52. The molecule has 3 rings (SSSR count). The Morgan fingerprint density at radius 1 is 1.39 bits per heavy atom. The highest BCUT2D eigenvalue weighted by molar-refractivity contribution is 9.10. The number of aliphatic hydroxyl groups is 1. The van der Waals surface area contributed by atoms with Crippen molar-refractivity contribution in [1.29, 1.82) is 0 Å². The van der Waals surface area contributed by atoms with E-state index >= 15 is 0 Å². The largest absolute Gasteiger partial charge is 0.396 e. The monoisotopic (exact) mass is 378 g/mol. The summed E-state index contributed by atoms with van der Waals surface area (Å²) in [4.78, 5) is 26.0. The van der Waals surface area contributed by atoms with Crippen LogP contribution in [0.1, 0.15) is 42.5 Å². The number of fused-ring (bicyclic) bond motifs is 1. The first-order valence-corrected chi connectivity index (χ1v) is 8.59.